The average Bonchev–Trinajstić information content (AvgIpc) is 2.35. The Morgan fingerprint density at radius 3 is 2.16 bits per heavy atom. The van der Waals surface area contributed by atoms with Crippen LogP contribution < -0.4 is 5.32 Å². The molecule has 0 saturated carbocycles. The fraction of sp³-hybridized carbons (Fsp3) is 0.667. The molecule has 0 unspecified atom stereocenters. The molecule has 0 bridgehead atoms. The van der Waals surface area contributed by atoms with Crippen LogP contribution in [-0.4, -0.2) is 13.1 Å². The Labute approximate surface area is 119 Å². The maximum absolute atomic E-state index is 3.54. The Balaban J connectivity index is 2.39. The van der Waals surface area contributed by atoms with Gasteiger partial charge in [-0.25, -0.2) is 0 Å². The van der Waals surface area contributed by atoms with Gasteiger partial charge in [-0.15, -0.1) is 0 Å². The molecule has 1 aromatic carbocycles. The van der Waals surface area contributed by atoms with Crippen molar-refractivity contribution >= 4 is 0 Å². The fourth-order valence-corrected chi connectivity index (χ4v) is 2.35. The third kappa shape index (κ3) is 6.77. The van der Waals surface area contributed by atoms with Crippen LogP contribution in [0.3, 0.4) is 0 Å². The molecule has 1 heteroatoms. The molecule has 0 aliphatic rings. The molecule has 108 valence electrons. The van der Waals surface area contributed by atoms with E-state index in [0.717, 1.165) is 25.4 Å². The highest BCUT2D eigenvalue weighted by Crippen LogP contribution is 2.25. The summed E-state index contributed by atoms with van der Waals surface area (Å²) >= 11 is 0. The Morgan fingerprint density at radius 2 is 1.63 bits per heavy atom. The Morgan fingerprint density at radius 1 is 1.05 bits per heavy atom. The number of hydrogen-bond acceptors (Lipinski definition) is 1. The molecule has 0 saturated heterocycles. The first-order chi connectivity index (χ1) is 8.93. The van der Waals surface area contributed by atoms with Gasteiger partial charge in [-0.3, -0.25) is 0 Å². The van der Waals surface area contributed by atoms with Crippen LogP contribution in [0.15, 0.2) is 24.3 Å². The largest absolute Gasteiger partial charge is 0.316 e. The van der Waals surface area contributed by atoms with Crippen molar-refractivity contribution in [2.45, 2.75) is 53.9 Å². The van der Waals surface area contributed by atoms with Crippen LogP contribution in [0, 0.1) is 11.3 Å². The van der Waals surface area contributed by atoms with Crippen molar-refractivity contribution in [2.75, 3.05) is 13.1 Å². The number of hydrogen-bond donors (Lipinski definition) is 1. The summed E-state index contributed by atoms with van der Waals surface area (Å²) in [7, 11) is 0. The van der Waals surface area contributed by atoms with Crippen molar-refractivity contribution in [2.24, 2.45) is 11.3 Å². The van der Waals surface area contributed by atoms with Crippen molar-refractivity contribution < 1.29 is 0 Å². The van der Waals surface area contributed by atoms with E-state index < -0.39 is 0 Å². The highest BCUT2D eigenvalue weighted by molar-refractivity contribution is 5.23. The summed E-state index contributed by atoms with van der Waals surface area (Å²) in [5, 5.41) is 3.54. The van der Waals surface area contributed by atoms with Crippen LogP contribution in [0.25, 0.3) is 0 Å². The molecule has 0 amide bonds. The predicted octanol–water partition coefficient (Wildman–Crippen LogP) is 4.45. The van der Waals surface area contributed by atoms with Gasteiger partial charge in [0.25, 0.3) is 0 Å². The summed E-state index contributed by atoms with van der Waals surface area (Å²) in [4.78, 5) is 0. The first-order valence-electron chi connectivity index (χ1n) is 7.71. The highest BCUT2D eigenvalue weighted by atomic mass is 14.8. The monoisotopic (exact) mass is 261 g/mol. The van der Waals surface area contributed by atoms with E-state index in [1.165, 1.54) is 24.0 Å². The summed E-state index contributed by atoms with van der Waals surface area (Å²) in [5.74, 6) is 0.740. The Kier molecular flexibility index (Phi) is 6.57. The van der Waals surface area contributed by atoms with E-state index in [9.17, 15) is 0 Å². The second-order valence-corrected chi connectivity index (χ2v) is 6.86. The molecule has 1 rings (SSSR count). The van der Waals surface area contributed by atoms with Crippen molar-refractivity contribution in [3.63, 3.8) is 0 Å². The zero-order valence-electron chi connectivity index (χ0n) is 13.4. The second-order valence-electron chi connectivity index (χ2n) is 6.86. The maximum atomic E-state index is 3.54. The lowest BCUT2D eigenvalue weighted by Gasteiger charge is -2.25. The van der Waals surface area contributed by atoms with Crippen LogP contribution in [-0.2, 0) is 12.8 Å². The van der Waals surface area contributed by atoms with Crippen molar-refractivity contribution in [1.29, 1.82) is 0 Å². The zero-order chi connectivity index (χ0) is 14.3. The van der Waals surface area contributed by atoms with Crippen molar-refractivity contribution in [3.05, 3.63) is 35.4 Å². The van der Waals surface area contributed by atoms with E-state index in [2.05, 4.69) is 64.2 Å². The number of benzene rings is 1. The molecule has 0 fully saturated rings. The minimum Gasteiger partial charge on any atom is -0.316 e. The molecular weight excluding hydrogens is 230 g/mol. The van der Waals surface area contributed by atoms with Gasteiger partial charge >= 0.3 is 0 Å². The molecule has 0 aliphatic carbocycles. The van der Waals surface area contributed by atoms with Crippen LogP contribution >= 0.6 is 0 Å². The molecule has 0 heterocycles. The van der Waals surface area contributed by atoms with Crippen LogP contribution in [0.4, 0.5) is 0 Å². The summed E-state index contributed by atoms with van der Waals surface area (Å²) in [6.07, 6.45) is 3.53. The molecule has 19 heavy (non-hydrogen) atoms. The van der Waals surface area contributed by atoms with Crippen molar-refractivity contribution in [3.8, 4) is 0 Å². The molecule has 0 aromatic heterocycles. The van der Waals surface area contributed by atoms with Gasteiger partial charge in [-0.2, -0.15) is 0 Å². The Bertz CT molecular complexity index is 348. The number of rotatable bonds is 8. The van der Waals surface area contributed by atoms with Gasteiger partial charge in [0, 0.05) is 0 Å². The number of nitrogens with one attached hydrogen (secondary N) is 1. The van der Waals surface area contributed by atoms with Crippen molar-refractivity contribution in [1.82, 2.24) is 5.32 Å². The summed E-state index contributed by atoms with van der Waals surface area (Å²) in [6, 6.07) is 9.12. The van der Waals surface area contributed by atoms with E-state index >= 15 is 0 Å². The first-order valence-corrected chi connectivity index (χ1v) is 7.71. The van der Waals surface area contributed by atoms with Gasteiger partial charge in [-0.05, 0) is 54.8 Å². The quantitative estimate of drug-likeness (QED) is 0.682. The standard InChI is InChI=1S/C18H31N/c1-6-16-7-9-17(10-8-16)13-18(4,5)11-12-19-14-15(2)3/h7-10,15,19H,6,11-14H2,1-5H3. The van der Waals surface area contributed by atoms with Crippen LogP contribution in [0.5, 0.6) is 0 Å². The minimum atomic E-state index is 0.373. The lowest BCUT2D eigenvalue weighted by atomic mass is 9.82. The zero-order valence-corrected chi connectivity index (χ0v) is 13.4. The molecule has 1 nitrogen and oxygen atoms in total. The Hall–Kier alpha value is -0.820. The molecular formula is C18H31N. The fourth-order valence-electron chi connectivity index (χ4n) is 2.35. The third-order valence-corrected chi connectivity index (χ3v) is 3.65. The predicted molar refractivity (Wildman–Crippen MR) is 85.6 cm³/mol. The van der Waals surface area contributed by atoms with Gasteiger partial charge < -0.3 is 5.32 Å². The van der Waals surface area contributed by atoms with Crippen LogP contribution in [0.1, 0.15) is 52.2 Å². The molecule has 0 atom stereocenters. The SMILES string of the molecule is CCc1ccc(CC(C)(C)CCNCC(C)C)cc1. The smallest absolute Gasteiger partial charge is 0.00258 e. The summed E-state index contributed by atoms with van der Waals surface area (Å²) in [6.45, 7) is 13.7. The van der Waals surface area contributed by atoms with E-state index in [1.54, 1.807) is 0 Å². The first kappa shape index (κ1) is 16.2. The molecule has 1 aromatic rings. The van der Waals surface area contributed by atoms with E-state index in [4.69, 9.17) is 0 Å². The normalized spacial score (nSPS) is 12.1. The number of aryl methyl sites for hydroxylation is 1. The van der Waals surface area contributed by atoms with E-state index in [1.807, 2.05) is 0 Å². The topological polar surface area (TPSA) is 12.0 Å². The van der Waals surface area contributed by atoms with Gasteiger partial charge in [0.05, 0.1) is 0 Å². The summed E-state index contributed by atoms with van der Waals surface area (Å²) < 4.78 is 0. The highest BCUT2D eigenvalue weighted by Gasteiger charge is 2.17. The van der Waals surface area contributed by atoms with E-state index in [-0.39, 0.29) is 0 Å². The van der Waals surface area contributed by atoms with Gasteiger partial charge in [0.1, 0.15) is 0 Å². The molecule has 0 aliphatic heterocycles. The third-order valence-electron chi connectivity index (χ3n) is 3.65. The molecule has 0 spiro atoms. The maximum Gasteiger partial charge on any atom is -0.00258 e. The second kappa shape index (κ2) is 7.69. The van der Waals surface area contributed by atoms with E-state index in [0.29, 0.717) is 5.41 Å². The minimum absolute atomic E-state index is 0.373. The lowest BCUT2D eigenvalue weighted by molar-refractivity contribution is 0.322. The average molecular weight is 261 g/mol. The molecule has 0 radical (unpaired) electrons. The van der Waals surface area contributed by atoms with Crippen LogP contribution in [0.2, 0.25) is 0 Å². The van der Waals surface area contributed by atoms with Gasteiger partial charge in [-0.1, -0.05) is 58.9 Å². The van der Waals surface area contributed by atoms with Gasteiger partial charge in [0.2, 0.25) is 0 Å². The lowest BCUT2D eigenvalue weighted by Crippen LogP contribution is -2.26. The summed E-state index contributed by atoms with van der Waals surface area (Å²) in [5.41, 5.74) is 3.27. The van der Waals surface area contributed by atoms with Gasteiger partial charge in [0.15, 0.2) is 0 Å². The molecule has 1 N–H and O–H groups in total.